The zero-order valence-electron chi connectivity index (χ0n) is 20.6. The average molecular weight is 617 g/mol. The molecule has 0 saturated carbocycles. The summed E-state index contributed by atoms with van der Waals surface area (Å²) < 4.78 is 93.0. The van der Waals surface area contributed by atoms with Crippen molar-refractivity contribution in [2.24, 2.45) is 20.5 Å². The van der Waals surface area contributed by atoms with Crippen molar-refractivity contribution >= 4 is 64.2 Å². The Labute approximate surface area is 234 Å². The first-order valence-corrected chi connectivity index (χ1v) is 15.6. The Kier molecular flexibility index (Phi) is 8.00. The van der Waals surface area contributed by atoms with E-state index in [-0.39, 0.29) is 21.2 Å². The number of benzene rings is 4. The summed E-state index contributed by atoms with van der Waals surface area (Å²) in [6.07, 6.45) is 0. The molecule has 14 nitrogen and oxygen atoms in total. The summed E-state index contributed by atoms with van der Waals surface area (Å²) in [6, 6.07) is 18.9. The molecule has 0 unspecified atom stereocenters. The van der Waals surface area contributed by atoms with Gasteiger partial charge in [-0.25, -0.2) is 8.42 Å². The minimum Gasteiger partial charge on any atom is -0.396 e. The molecule has 212 valence electrons. The fourth-order valence-corrected chi connectivity index (χ4v) is 6.20. The number of nitrogens with two attached hydrogens (primary N) is 2. The van der Waals surface area contributed by atoms with E-state index in [1.807, 2.05) is 0 Å². The fraction of sp³-hybridized carbons (Fsp3) is 0. The van der Waals surface area contributed by atoms with Gasteiger partial charge >= 0.3 is 0 Å². The van der Waals surface area contributed by atoms with E-state index in [1.165, 1.54) is 54.6 Å². The fourth-order valence-electron chi connectivity index (χ4n) is 3.53. The van der Waals surface area contributed by atoms with Crippen LogP contribution in [-0.2, 0) is 30.1 Å². The summed E-state index contributed by atoms with van der Waals surface area (Å²) in [6.45, 7) is 0. The highest BCUT2D eigenvalue weighted by Gasteiger charge is 2.24. The number of hydrogen-bond donors (Lipinski definition) is 4. The van der Waals surface area contributed by atoms with Crippen LogP contribution in [-0.4, -0.2) is 34.4 Å². The lowest BCUT2D eigenvalue weighted by Gasteiger charge is -2.11. The van der Waals surface area contributed by atoms with Crippen molar-refractivity contribution in [1.82, 2.24) is 0 Å². The van der Waals surface area contributed by atoms with Crippen molar-refractivity contribution in [2.45, 2.75) is 19.6 Å². The largest absolute Gasteiger partial charge is 0.396 e. The monoisotopic (exact) mass is 616 g/mol. The second-order valence-corrected chi connectivity index (χ2v) is 12.9. The molecule has 6 N–H and O–H groups in total. The molecule has 0 bridgehead atoms. The molecular formula is C24H20N6O8S3. The van der Waals surface area contributed by atoms with Crippen LogP contribution in [0.1, 0.15) is 0 Å². The smallest absolute Gasteiger partial charge is 0.296 e. The van der Waals surface area contributed by atoms with Crippen molar-refractivity contribution in [1.29, 1.82) is 0 Å². The third-order valence-corrected chi connectivity index (χ3v) is 9.08. The predicted molar refractivity (Wildman–Crippen MR) is 148 cm³/mol. The van der Waals surface area contributed by atoms with Gasteiger partial charge in [-0.15, -0.1) is 20.5 Å². The molecular weight excluding hydrogens is 596 g/mol. The second kappa shape index (κ2) is 11.1. The van der Waals surface area contributed by atoms with Gasteiger partial charge in [0, 0.05) is 0 Å². The van der Waals surface area contributed by atoms with Crippen LogP contribution in [0.2, 0.25) is 0 Å². The summed E-state index contributed by atoms with van der Waals surface area (Å²) in [7, 11) is -13.7. The molecule has 0 aliphatic rings. The average Bonchev–Trinajstić information content (AvgIpc) is 2.92. The highest BCUT2D eigenvalue weighted by atomic mass is 32.2. The molecule has 17 heteroatoms. The molecule has 4 aromatic carbocycles. The number of rotatable bonds is 8. The molecule has 41 heavy (non-hydrogen) atoms. The van der Waals surface area contributed by atoms with Crippen LogP contribution >= 0.6 is 0 Å². The van der Waals surface area contributed by atoms with Gasteiger partial charge in [0.05, 0.1) is 21.2 Å². The molecule has 0 atom stereocenters. The maximum Gasteiger partial charge on any atom is 0.296 e. The molecule has 0 fully saturated rings. The third-order valence-electron chi connectivity index (χ3n) is 5.47. The lowest BCUT2D eigenvalue weighted by Crippen LogP contribution is -2.05. The first-order valence-electron chi connectivity index (χ1n) is 11.2. The molecule has 4 rings (SSSR count). The van der Waals surface area contributed by atoms with Gasteiger partial charge in [0.15, 0.2) is 0 Å². The van der Waals surface area contributed by atoms with Gasteiger partial charge in [0.2, 0.25) is 9.84 Å². The van der Waals surface area contributed by atoms with Crippen molar-refractivity contribution in [3.63, 3.8) is 0 Å². The lowest BCUT2D eigenvalue weighted by atomic mass is 10.2. The summed E-state index contributed by atoms with van der Waals surface area (Å²) in [5.41, 5.74) is 9.58. The Morgan fingerprint density at radius 3 is 1.56 bits per heavy atom. The first kappa shape index (κ1) is 29.4. The number of anilines is 2. The molecule has 0 aromatic heterocycles. The van der Waals surface area contributed by atoms with Crippen LogP contribution in [0.25, 0.3) is 0 Å². The number of hydrogen-bond acceptors (Lipinski definition) is 12. The number of azo groups is 2. The lowest BCUT2D eigenvalue weighted by molar-refractivity contribution is 0.481. The first-order chi connectivity index (χ1) is 19.2. The van der Waals surface area contributed by atoms with E-state index in [0.29, 0.717) is 0 Å². The van der Waals surface area contributed by atoms with E-state index in [4.69, 9.17) is 11.5 Å². The van der Waals surface area contributed by atoms with E-state index >= 15 is 0 Å². The van der Waals surface area contributed by atoms with Crippen LogP contribution in [0.5, 0.6) is 0 Å². The molecule has 0 amide bonds. The van der Waals surface area contributed by atoms with E-state index < -0.39 is 62.6 Å². The Balaban J connectivity index is 1.86. The highest BCUT2D eigenvalue weighted by Crippen LogP contribution is 2.43. The van der Waals surface area contributed by atoms with Gasteiger partial charge in [-0.1, -0.05) is 42.5 Å². The van der Waals surface area contributed by atoms with Crippen molar-refractivity contribution in [2.75, 3.05) is 11.5 Å². The Morgan fingerprint density at radius 2 is 0.976 bits per heavy atom. The zero-order valence-corrected chi connectivity index (χ0v) is 23.0. The van der Waals surface area contributed by atoms with E-state index in [9.17, 15) is 34.4 Å². The van der Waals surface area contributed by atoms with Gasteiger partial charge in [0.1, 0.15) is 32.5 Å². The molecule has 0 aliphatic carbocycles. The Morgan fingerprint density at radius 1 is 0.512 bits per heavy atom. The van der Waals surface area contributed by atoms with Crippen LogP contribution in [0.4, 0.5) is 34.1 Å². The molecule has 0 spiro atoms. The van der Waals surface area contributed by atoms with Crippen molar-refractivity contribution in [3.8, 4) is 0 Å². The quantitative estimate of drug-likeness (QED) is 0.117. The van der Waals surface area contributed by atoms with Gasteiger partial charge in [0.25, 0.3) is 20.2 Å². The topological polar surface area (TPSA) is 244 Å². The summed E-state index contributed by atoms with van der Waals surface area (Å²) in [5, 5.41) is 15.3. The number of nitrogens with zero attached hydrogens (tertiary/aromatic N) is 4. The number of nitrogen functional groups attached to an aromatic ring is 2. The predicted octanol–water partition coefficient (Wildman–Crippen LogP) is 5.01. The van der Waals surface area contributed by atoms with Gasteiger partial charge in [-0.2, -0.15) is 16.8 Å². The van der Waals surface area contributed by atoms with Crippen molar-refractivity contribution in [3.05, 3.63) is 84.9 Å². The van der Waals surface area contributed by atoms with Gasteiger partial charge in [-0.3, -0.25) is 9.11 Å². The van der Waals surface area contributed by atoms with Gasteiger partial charge in [-0.05, 0) is 42.5 Å². The standard InChI is InChI=1S/C24H20N6O8S3/c25-22-18(29-27-16-10-4-6-12-19(16)39(31,32)15-8-2-1-3-9-15)14-21(41(36,37)38)23(26)24(22)30-28-17-11-5-7-13-20(17)40(33,34)35/h1-14H,25-26H2,(H,33,34,35)(H,36,37,38). The summed E-state index contributed by atoms with van der Waals surface area (Å²) in [5.74, 6) is 0. The minimum atomic E-state index is -4.98. The van der Waals surface area contributed by atoms with Crippen LogP contribution in [0, 0.1) is 0 Å². The normalized spacial score (nSPS) is 12.7. The molecule has 0 saturated heterocycles. The van der Waals surface area contributed by atoms with Gasteiger partial charge < -0.3 is 11.5 Å². The Hall–Kier alpha value is -4.55. The molecule has 4 aromatic rings. The minimum absolute atomic E-state index is 0.00354. The zero-order chi connectivity index (χ0) is 30.0. The maximum atomic E-state index is 13.2. The number of sulfone groups is 1. The summed E-state index contributed by atoms with van der Waals surface area (Å²) >= 11 is 0. The highest BCUT2D eigenvalue weighted by molar-refractivity contribution is 7.91. The molecule has 0 heterocycles. The SMILES string of the molecule is Nc1c(N=Nc2ccccc2S(=O)(=O)c2ccccc2)cc(S(=O)(=O)O)c(N)c1N=Nc1ccccc1S(=O)(=O)O. The Bertz CT molecular complexity index is 2030. The maximum absolute atomic E-state index is 13.2. The van der Waals surface area contributed by atoms with Crippen LogP contribution in [0.15, 0.2) is 125 Å². The molecule has 0 aliphatic heterocycles. The van der Waals surface area contributed by atoms with E-state index in [0.717, 1.165) is 12.1 Å². The third kappa shape index (κ3) is 6.28. The summed E-state index contributed by atoms with van der Waals surface area (Å²) in [4.78, 5) is -1.69. The van der Waals surface area contributed by atoms with E-state index in [1.54, 1.807) is 18.2 Å². The second-order valence-electron chi connectivity index (χ2n) is 8.17. The van der Waals surface area contributed by atoms with Crippen molar-refractivity contribution < 1.29 is 34.4 Å². The van der Waals surface area contributed by atoms with Crippen LogP contribution < -0.4 is 11.5 Å². The van der Waals surface area contributed by atoms with Crippen LogP contribution in [0.3, 0.4) is 0 Å². The van der Waals surface area contributed by atoms with E-state index in [2.05, 4.69) is 20.5 Å². The molecule has 0 radical (unpaired) electrons.